The van der Waals surface area contributed by atoms with Gasteiger partial charge in [-0.2, -0.15) is 0 Å². The molecule has 5 aliphatic rings. The summed E-state index contributed by atoms with van der Waals surface area (Å²) in [6, 6.07) is 151. The second-order valence-electron chi connectivity index (χ2n) is 34.6. The Morgan fingerprint density at radius 3 is 1.02 bits per heavy atom. The van der Waals surface area contributed by atoms with E-state index in [9.17, 15) is 0 Å². The number of ether oxygens (including phenoxy) is 2. The second kappa shape index (κ2) is 28.6. The fraction of sp³-hybridized carbons (Fsp3) is 0.0420. The summed E-state index contributed by atoms with van der Waals surface area (Å²) < 4.78 is 18.3. The first-order chi connectivity index (χ1) is 63.7. The zero-order valence-corrected chi connectivity index (χ0v) is 70.3. The van der Waals surface area contributed by atoms with E-state index in [4.69, 9.17) is 39.4 Å². The minimum Gasteiger partial charge on any atom is -0.457 e. The van der Waals surface area contributed by atoms with Crippen molar-refractivity contribution in [2.24, 2.45) is 0 Å². The molecule has 10 nitrogen and oxygen atoms in total. The average molecular weight is 1650 g/mol. The van der Waals surface area contributed by atoms with Gasteiger partial charge >= 0.3 is 0 Å². The van der Waals surface area contributed by atoms with Crippen LogP contribution < -0.4 is 9.47 Å². The Morgan fingerprint density at radius 2 is 0.543 bits per heavy atom. The molecule has 0 unspecified atom stereocenters. The topological polar surface area (TPSA) is 106 Å². The van der Waals surface area contributed by atoms with Crippen molar-refractivity contribution in [2.45, 2.75) is 30.1 Å². The molecule has 129 heavy (non-hydrogen) atoms. The third kappa shape index (κ3) is 11.0. The van der Waals surface area contributed by atoms with Gasteiger partial charge in [0.05, 0.1) is 32.9 Å². The van der Waals surface area contributed by atoms with Crippen molar-refractivity contribution in [2.75, 3.05) is 0 Å². The van der Waals surface area contributed by atoms with Crippen LogP contribution in [0.5, 0.6) is 23.0 Å². The highest BCUT2D eigenvalue weighted by molar-refractivity contribution is 6.13. The lowest BCUT2D eigenvalue weighted by molar-refractivity contribution is 0.436. The molecule has 0 radical (unpaired) electrons. The molecule has 0 saturated carbocycles. The SMILES string of the molecule is CC1(C)c2ccccc2-c2cc3c4ccccc4n(-c4ccc5c(c4)-c4c(-c6nc(-c7ccccc7)nc(-c7ccccc7)n6)cccc4C54c5ccccc5Oc5ccccc54)c3cc21.c1ccc(-c2nc(-c3ccccc3)nc(-c3cccc4c3-c3cc(-c5ccc6c(c5)c5ccccc5n6-c5ccccc5)ccc3C43c4ccccc4Oc4ccccc43)n2)cc1. The molecule has 0 bridgehead atoms. The summed E-state index contributed by atoms with van der Waals surface area (Å²) in [5, 5.41) is 4.91. The van der Waals surface area contributed by atoms with E-state index in [-0.39, 0.29) is 5.41 Å². The molecular formula is C119H76N8O2. The third-order valence-electron chi connectivity index (χ3n) is 27.4. The van der Waals surface area contributed by atoms with Crippen LogP contribution in [0.1, 0.15) is 69.5 Å². The number of hydrogen-bond donors (Lipinski definition) is 0. The van der Waals surface area contributed by atoms with Crippen molar-refractivity contribution in [1.82, 2.24) is 39.0 Å². The molecule has 0 atom stereocenters. The minimum absolute atomic E-state index is 0.148. The molecule has 0 fully saturated rings. The predicted octanol–water partition coefficient (Wildman–Crippen LogP) is 28.9. The molecule has 0 amide bonds. The smallest absolute Gasteiger partial charge is 0.164 e. The van der Waals surface area contributed by atoms with Crippen LogP contribution in [0.3, 0.4) is 0 Å². The first-order valence-electron chi connectivity index (χ1n) is 44.0. The van der Waals surface area contributed by atoms with Crippen LogP contribution in [0.25, 0.3) is 168 Å². The normalized spacial score (nSPS) is 13.7. The Labute approximate surface area is 744 Å². The summed E-state index contributed by atoms with van der Waals surface area (Å²) in [6.07, 6.45) is 0. The average Bonchev–Trinajstić information content (AvgIpc) is 1.54. The Bertz CT molecular complexity index is 8200. The summed E-state index contributed by atoms with van der Waals surface area (Å²) in [4.78, 5) is 31.4. The standard InChI is InChI=1S/C61H40N4O.C58H36N4O/c1-60(2)46-25-11-9-22-40(46)43-35-44-41-23-10-14-29-52(41)65(53(44)36-51(43)60)39-32-33-47-45(34-39)56-42(59-63-57(37-18-5-3-6-19-37)62-58(64-59)38-20-7-4-8-21-38)24-17-28-50(56)61(47)48-26-12-15-30-54(48)66-55-31-16-13-27-49(55)61;1-4-17-37(18-5-1)55-59-56(38-19-6-2-7-20-38)61-57(60-55)43-24-16-27-49-54(43)45-36-39(31-33-46(45)58(49)47-25-11-14-29-52(47)63-53-30-15-12-26-48(53)58)40-32-34-51-44(35-40)42-23-10-13-28-50(42)62(51)41-21-8-3-9-22-41/h3-36H,1-2H3;1-36H. The molecule has 2 spiro atoms. The van der Waals surface area contributed by atoms with E-state index < -0.39 is 10.8 Å². The molecule has 604 valence electrons. The van der Waals surface area contributed by atoms with E-state index in [2.05, 4.69) is 375 Å². The predicted molar refractivity (Wildman–Crippen MR) is 519 cm³/mol. The summed E-state index contributed by atoms with van der Waals surface area (Å²) >= 11 is 0. The van der Waals surface area contributed by atoms with Gasteiger partial charge < -0.3 is 18.6 Å². The maximum atomic E-state index is 6.76. The highest BCUT2D eigenvalue weighted by atomic mass is 16.5. The van der Waals surface area contributed by atoms with E-state index in [1.54, 1.807) is 0 Å². The number of rotatable bonds is 9. The van der Waals surface area contributed by atoms with Crippen LogP contribution >= 0.6 is 0 Å². The maximum absolute atomic E-state index is 6.76. The largest absolute Gasteiger partial charge is 0.457 e. The Morgan fingerprint density at radius 1 is 0.194 bits per heavy atom. The number of nitrogens with zero attached hydrogens (tertiary/aromatic N) is 8. The van der Waals surface area contributed by atoms with Crippen LogP contribution in [-0.4, -0.2) is 39.0 Å². The van der Waals surface area contributed by atoms with Crippen molar-refractivity contribution in [3.05, 3.63) is 480 Å². The van der Waals surface area contributed by atoms with E-state index in [1.807, 2.05) is 72.8 Å². The summed E-state index contributed by atoms with van der Waals surface area (Å²) in [5.41, 5.74) is 32.3. The zero-order valence-electron chi connectivity index (χ0n) is 70.3. The molecule has 27 rings (SSSR count). The lowest BCUT2D eigenvalue weighted by atomic mass is 9.66. The van der Waals surface area contributed by atoms with Gasteiger partial charge in [0, 0.05) is 94.0 Å². The van der Waals surface area contributed by atoms with Crippen LogP contribution in [0, 0.1) is 0 Å². The van der Waals surface area contributed by atoms with Crippen molar-refractivity contribution < 1.29 is 9.47 Å². The zero-order chi connectivity index (χ0) is 85.2. The van der Waals surface area contributed by atoms with Crippen molar-refractivity contribution in [1.29, 1.82) is 0 Å². The molecule has 2 aliphatic heterocycles. The van der Waals surface area contributed by atoms with E-state index >= 15 is 0 Å². The molecule has 4 aromatic heterocycles. The van der Waals surface area contributed by atoms with E-state index in [0.717, 1.165) is 129 Å². The molecule has 0 saturated heterocycles. The van der Waals surface area contributed by atoms with Crippen molar-refractivity contribution in [3.8, 4) is 147 Å². The van der Waals surface area contributed by atoms with Gasteiger partial charge in [0.2, 0.25) is 0 Å². The first-order valence-corrected chi connectivity index (χ1v) is 44.0. The second-order valence-corrected chi connectivity index (χ2v) is 34.6. The quantitative estimate of drug-likeness (QED) is 0.141. The third-order valence-corrected chi connectivity index (χ3v) is 27.4. The lowest BCUT2D eigenvalue weighted by Gasteiger charge is -2.39. The molecule has 10 heteroatoms. The summed E-state index contributed by atoms with van der Waals surface area (Å²) in [6.45, 7) is 4.72. The monoisotopic (exact) mass is 1650 g/mol. The maximum Gasteiger partial charge on any atom is 0.164 e. The number of hydrogen-bond acceptors (Lipinski definition) is 8. The number of para-hydroxylation sites is 7. The van der Waals surface area contributed by atoms with Gasteiger partial charge in [0.15, 0.2) is 34.9 Å². The highest BCUT2D eigenvalue weighted by Gasteiger charge is 2.54. The van der Waals surface area contributed by atoms with Gasteiger partial charge in [0.25, 0.3) is 0 Å². The number of fused-ring (bicyclic) bond motifs is 27. The first kappa shape index (κ1) is 73.7. The van der Waals surface area contributed by atoms with E-state index in [1.165, 1.54) is 82.6 Å². The van der Waals surface area contributed by atoms with Gasteiger partial charge in [-0.25, -0.2) is 29.9 Å². The van der Waals surface area contributed by atoms with Crippen LogP contribution in [-0.2, 0) is 16.2 Å². The van der Waals surface area contributed by atoms with E-state index in [0.29, 0.717) is 34.9 Å². The summed E-state index contributed by atoms with van der Waals surface area (Å²) in [7, 11) is 0. The van der Waals surface area contributed by atoms with Gasteiger partial charge in [-0.1, -0.05) is 347 Å². The van der Waals surface area contributed by atoms with Crippen LogP contribution in [0.15, 0.2) is 425 Å². The summed E-state index contributed by atoms with van der Waals surface area (Å²) in [5.74, 6) is 7.15. The molecule has 0 N–H and O–H groups in total. The fourth-order valence-electron chi connectivity index (χ4n) is 21.9. The van der Waals surface area contributed by atoms with Gasteiger partial charge in [0.1, 0.15) is 23.0 Å². The number of benzene rings is 18. The molecule has 3 aliphatic carbocycles. The molecular weight excluding hydrogens is 1570 g/mol. The molecule has 22 aromatic rings. The van der Waals surface area contributed by atoms with Gasteiger partial charge in [-0.3, -0.25) is 0 Å². The van der Waals surface area contributed by atoms with Crippen molar-refractivity contribution >= 4 is 43.6 Å². The fourth-order valence-corrected chi connectivity index (χ4v) is 21.9. The Kier molecular flexibility index (Phi) is 16.3. The highest BCUT2D eigenvalue weighted by Crippen LogP contribution is 2.66. The Hall–Kier alpha value is -16.8. The van der Waals surface area contributed by atoms with Gasteiger partial charge in [-0.05, 0) is 169 Å². The van der Waals surface area contributed by atoms with Gasteiger partial charge in [-0.15, -0.1) is 0 Å². The van der Waals surface area contributed by atoms with Crippen molar-refractivity contribution in [3.63, 3.8) is 0 Å². The Balaban J connectivity index is 0.000000136. The molecule has 6 heterocycles. The van der Waals surface area contributed by atoms with Crippen LogP contribution in [0.2, 0.25) is 0 Å². The van der Waals surface area contributed by atoms with Crippen LogP contribution in [0.4, 0.5) is 0 Å². The molecule has 18 aromatic carbocycles. The lowest BCUT2D eigenvalue weighted by Crippen LogP contribution is -2.32. The minimum atomic E-state index is -0.695. The number of aromatic nitrogens is 8.